The minimum atomic E-state index is -1.77. The Bertz CT molecular complexity index is 1300. The molecule has 0 amide bonds. The molecule has 0 saturated carbocycles. The fourth-order valence-corrected chi connectivity index (χ4v) is 6.54. The van der Waals surface area contributed by atoms with E-state index in [1.54, 1.807) is 0 Å². The fourth-order valence-electron chi connectivity index (χ4n) is 6.54. The predicted molar refractivity (Wildman–Crippen MR) is 229 cm³/mol. The van der Waals surface area contributed by atoms with Crippen LogP contribution in [-0.2, 0) is 38.0 Å². The van der Waals surface area contributed by atoms with Crippen LogP contribution in [0.5, 0.6) is 0 Å². The van der Waals surface area contributed by atoms with Gasteiger partial charge in [-0.3, -0.25) is 9.59 Å². The highest BCUT2D eigenvalue weighted by Gasteiger charge is 2.47. The van der Waals surface area contributed by atoms with Crippen LogP contribution < -0.4 is 0 Å². The molecule has 61 heavy (non-hydrogen) atoms. The van der Waals surface area contributed by atoms with Crippen LogP contribution in [0.1, 0.15) is 123 Å². The van der Waals surface area contributed by atoms with Crippen molar-refractivity contribution in [2.45, 2.75) is 191 Å². The molecule has 0 aromatic carbocycles. The Hall–Kier alpha value is -2.80. The topological polar surface area (TPSA) is 231 Å². The second-order valence-electron chi connectivity index (χ2n) is 15.5. The molecular formula is C46H76O15. The number of hydrogen-bond acceptors (Lipinski definition) is 15. The summed E-state index contributed by atoms with van der Waals surface area (Å²) in [6.45, 7) is 2.34. The number of aliphatic hydroxyl groups excluding tert-OH is 7. The summed E-state index contributed by atoms with van der Waals surface area (Å²) in [4.78, 5) is 25.5. The lowest BCUT2D eigenvalue weighted by molar-refractivity contribution is -0.332. The van der Waals surface area contributed by atoms with Crippen molar-refractivity contribution in [3.8, 4) is 0 Å². The third-order valence-electron chi connectivity index (χ3n) is 10.3. The first-order chi connectivity index (χ1) is 29.5. The summed E-state index contributed by atoms with van der Waals surface area (Å²) >= 11 is 0. The normalized spacial score (nSPS) is 27.9. The zero-order valence-electron chi connectivity index (χ0n) is 36.4. The van der Waals surface area contributed by atoms with Crippen LogP contribution in [0.2, 0.25) is 0 Å². The molecule has 15 heteroatoms. The van der Waals surface area contributed by atoms with E-state index >= 15 is 0 Å². The van der Waals surface area contributed by atoms with E-state index in [0.29, 0.717) is 19.3 Å². The Balaban J connectivity index is 1.88. The summed E-state index contributed by atoms with van der Waals surface area (Å²) in [6.07, 6.45) is 18.6. The summed E-state index contributed by atoms with van der Waals surface area (Å²) in [6, 6.07) is 0. The largest absolute Gasteiger partial charge is 0.462 e. The van der Waals surface area contributed by atoms with Crippen LogP contribution in [0.15, 0.2) is 60.8 Å². The number of ether oxygens (including phenoxy) is 6. The van der Waals surface area contributed by atoms with Crippen molar-refractivity contribution in [3.63, 3.8) is 0 Å². The van der Waals surface area contributed by atoms with Crippen molar-refractivity contribution >= 4 is 11.9 Å². The van der Waals surface area contributed by atoms with Gasteiger partial charge in [0.2, 0.25) is 0 Å². The van der Waals surface area contributed by atoms with Gasteiger partial charge in [-0.05, 0) is 51.4 Å². The number of unbranched alkanes of at least 4 members (excludes halogenated alkanes) is 8. The monoisotopic (exact) mass is 869 g/mol. The molecule has 0 aromatic rings. The lowest BCUT2D eigenvalue weighted by Gasteiger charge is -2.42. The van der Waals surface area contributed by atoms with Crippen LogP contribution in [0.3, 0.4) is 0 Å². The summed E-state index contributed by atoms with van der Waals surface area (Å²) in [5, 5.41) is 71.7. The highest BCUT2D eigenvalue weighted by Crippen LogP contribution is 2.26. The van der Waals surface area contributed by atoms with E-state index in [4.69, 9.17) is 28.4 Å². The van der Waals surface area contributed by atoms with Gasteiger partial charge >= 0.3 is 11.9 Å². The van der Waals surface area contributed by atoms with Gasteiger partial charge in [-0.1, -0.05) is 120 Å². The van der Waals surface area contributed by atoms with Crippen molar-refractivity contribution in [1.82, 2.24) is 0 Å². The number of esters is 2. The molecule has 0 radical (unpaired) electrons. The van der Waals surface area contributed by atoms with Gasteiger partial charge in [-0.15, -0.1) is 0 Å². The maximum Gasteiger partial charge on any atom is 0.306 e. The Morgan fingerprint density at radius 2 is 1.03 bits per heavy atom. The van der Waals surface area contributed by atoms with E-state index in [1.165, 1.54) is 25.7 Å². The summed E-state index contributed by atoms with van der Waals surface area (Å²) in [5.74, 6) is -1.00. The van der Waals surface area contributed by atoms with Crippen molar-refractivity contribution in [1.29, 1.82) is 0 Å². The summed E-state index contributed by atoms with van der Waals surface area (Å²) in [5.41, 5.74) is 0. The van der Waals surface area contributed by atoms with Crippen molar-refractivity contribution in [3.05, 3.63) is 60.8 Å². The first kappa shape index (κ1) is 54.3. The lowest BCUT2D eigenvalue weighted by Crippen LogP contribution is -2.61. The number of hydrogen-bond donors (Lipinski definition) is 7. The summed E-state index contributed by atoms with van der Waals surface area (Å²) < 4.78 is 33.3. The number of aliphatic hydroxyl groups is 7. The van der Waals surface area contributed by atoms with Gasteiger partial charge in [0.25, 0.3) is 0 Å². The molecule has 2 rings (SSSR count). The van der Waals surface area contributed by atoms with E-state index in [1.807, 2.05) is 12.2 Å². The molecular weight excluding hydrogens is 792 g/mol. The second-order valence-corrected chi connectivity index (χ2v) is 15.5. The maximum atomic E-state index is 12.9. The molecule has 2 aliphatic heterocycles. The van der Waals surface area contributed by atoms with Gasteiger partial charge in [0.05, 0.1) is 19.8 Å². The van der Waals surface area contributed by atoms with Crippen LogP contribution in [0.4, 0.5) is 0 Å². The average molecular weight is 869 g/mol. The smallest absolute Gasteiger partial charge is 0.306 e. The number of allylic oxidation sites excluding steroid dienone is 10. The molecule has 2 heterocycles. The number of rotatable bonds is 32. The van der Waals surface area contributed by atoms with Crippen molar-refractivity contribution in [2.24, 2.45) is 0 Å². The Morgan fingerprint density at radius 3 is 1.61 bits per heavy atom. The molecule has 7 N–H and O–H groups in total. The molecule has 0 aliphatic carbocycles. The first-order valence-electron chi connectivity index (χ1n) is 22.4. The maximum absolute atomic E-state index is 12.9. The molecule has 0 bridgehead atoms. The molecule has 2 saturated heterocycles. The zero-order valence-corrected chi connectivity index (χ0v) is 36.4. The van der Waals surface area contributed by atoms with E-state index in [-0.39, 0.29) is 19.4 Å². The van der Waals surface area contributed by atoms with Gasteiger partial charge in [-0.25, -0.2) is 0 Å². The van der Waals surface area contributed by atoms with E-state index < -0.39 is 99.3 Å². The molecule has 2 fully saturated rings. The first-order valence-corrected chi connectivity index (χ1v) is 22.4. The van der Waals surface area contributed by atoms with Crippen LogP contribution in [-0.4, -0.2) is 142 Å². The van der Waals surface area contributed by atoms with Gasteiger partial charge in [0.15, 0.2) is 18.7 Å². The number of carbonyl (C=O) groups excluding carboxylic acids is 2. The second kappa shape index (κ2) is 33.7. The van der Waals surface area contributed by atoms with Crippen molar-refractivity contribution in [2.75, 3.05) is 26.4 Å². The SMILES string of the molecule is CC/C=C\C/C=C\C/C=C\C/C=C\C/C=C\CCCC(=O)OC(COC(=O)CCCCCCCCCC)COC1OC(COC2OC(CO)C(O)C(O)C2O)C(O)C(O)C1O. The lowest BCUT2D eigenvalue weighted by atomic mass is 9.98. The van der Waals surface area contributed by atoms with E-state index in [9.17, 15) is 45.3 Å². The highest BCUT2D eigenvalue weighted by molar-refractivity contribution is 5.70. The molecule has 2 aliphatic rings. The number of carbonyl (C=O) groups is 2. The zero-order chi connectivity index (χ0) is 44.7. The average Bonchev–Trinajstić information content (AvgIpc) is 3.25. The van der Waals surface area contributed by atoms with Crippen LogP contribution in [0, 0.1) is 0 Å². The third kappa shape index (κ3) is 22.9. The Morgan fingerprint density at radius 1 is 0.541 bits per heavy atom. The minimum absolute atomic E-state index is 0.0852. The quantitative estimate of drug-likeness (QED) is 0.0280. The fraction of sp³-hybridized carbons (Fsp3) is 0.739. The molecule has 0 spiro atoms. The Kier molecular flexibility index (Phi) is 30.0. The standard InChI is InChI=1S/C46H76O15/c1-3-5-7-9-11-13-14-15-16-17-18-19-20-21-23-25-27-29-38(49)59-34(31-56-37(48)28-26-24-22-12-10-8-6-4-2)32-57-45-44(55)42(53)40(51)36(61-45)33-58-46-43(54)41(52)39(50)35(30-47)60-46/h5,7,11,13,15-16,18-19,21,23,34-36,39-47,50-55H,3-4,6,8-10,12,14,17,20,22,24-33H2,1-2H3/b7-5-,13-11-,16-15-,19-18-,23-21-. The minimum Gasteiger partial charge on any atom is -0.462 e. The van der Waals surface area contributed by atoms with E-state index in [0.717, 1.165) is 51.4 Å². The van der Waals surface area contributed by atoms with Gasteiger partial charge in [-0.2, -0.15) is 0 Å². The molecule has 11 unspecified atom stereocenters. The third-order valence-corrected chi connectivity index (χ3v) is 10.3. The molecule has 350 valence electrons. The molecule has 0 aromatic heterocycles. The van der Waals surface area contributed by atoms with Gasteiger partial charge < -0.3 is 64.2 Å². The highest BCUT2D eigenvalue weighted by atomic mass is 16.7. The molecule has 15 nitrogen and oxygen atoms in total. The predicted octanol–water partition coefficient (Wildman–Crippen LogP) is 4.53. The van der Waals surface area contributed by atoms with Crippen LogP contribution >= 0.6 is 0 Å². The van der Waals surface area contributed by atoms with Gasteiger partial charge in [0, 0.05) is 12.8 Å². The molecule has 11 atom stereocenters. The van der Waals surface area contributed by atoms with Crippen molar-refractivity contribution < 1.29 is 73.8 Å². The van der Waals surface area contributed by atoms with E-state index in [2.05, 4.69) is 62.5 Å². The summed E-state index contributed by atoms with van der Waals surface area (Å²) in [7, 11) is 0. The van der Waals surface area contributed by atoms with Crippen LogP contribution in [0.25, 0.3) is 0 Å². The van der Waals surface area contributed by atoms with Gasteiger partial charge in [0.1, 0.15) is 55.4 Å². The Labute approximate surface area is 362 Å².